The molecule has 162 valence electrons. The second-order valence-electron chi connectivity index (χ2n) is 8.26. The third kappa shape index (κ3) is 4.06. The van der Waals surface area contributed by atoms with Gasteiger partial charge in [0.2, 0.25) is 0 Å². The molecule has 3 aromatic carbocycles. The van der Waals surface area contributed by atoms with E-state index in [0.29, 0.717) is 37.1 Å². The molecule has 32 heavy (non-hydrogen) atoms. The van der Waals surface area contributed by atoms with Crippen LogP contribution in [0, 0.1) is 0 Å². The molecule has 5 nitrogen and oxygen atoms in total. The molecule has 4 rings (SSSR count). The molecule has 5 heteroatoms. The van der Waals surface area contributed by atoms with Crippen molar-refractivity contribution in [2.45, 2.75) is 25.2 Å². The molecular weight excluding hydrogens is 402 g/mol. The van der Waals surface area contributed by atoms with E-state index in [-0.39, 0.29) is 11.7 Å². The minimum Gasteiger partial charge on any atom is -0.481 e. The summed E-state index contributed by atoms with van der Waals surface area (Å²) in [4.78, 5) is 38.5. The minimum atomic E-state index is -0.955. The number of ketones is 1. The van der Waals surface area contributed by atoms with E-state index in [1.54, 1.807) is 23.1 Å². The van der Waals surface area contributed by atoms with E-state index in [0.717, 1.165) is 16.7 Å². The molecule has 1 aliphatic heterocycles. The van der Waals surface area contributed by atoms with Crippen molar-refractivity contribution in [2.75, 3.05) is 13.1 Å². The highest BCUT2D eigenvalue weighted by molar-refractivity contribution is 5.96. The Morgan fingerprint density at radius 3 is 2.03 bits per heavy atom. The summed E-state index contributed by atoms with van der Waals surface area (Å²) in [6, 6.07) is 24.0. The molecule has 0 radical (unpaired) electrons. The first-order chi connectivity index (χ1) is 15.4. The van der Waals surface area contributed by atoms with Gasteiger partial charge < -0.3 is 10.0 Å². The van der Waals surface area contributed by atoms with Gasteiger partial charge >= 0.3 is 5.97 Å². The lowest BCUT2D eigenvalue weighted by Gasteiger charge is -2.39. The van der Waals surface area contributed by atoms with Gasteiger partial charge in [-0.1, -0.05) is 60.7 Å². The van der Waals surface area contributed by atoms with Crippen LogP contribution in [0.1, 0.15) is 46.0 Å². The van der Waals surface area contributed by atoms with Gasteiger partial charge in [0.15, 0.2) is 5.78 Å². The third-order valence-corrected chi connectivity index (χ3v) is 6.37. The van der Waals surface area contributed by atoms with Gasteiger partial charge in [0.05, 0.1) is 5.41 Å². The first-order valence-electron chi connectivity index (χ1n) is 10.7. The maximum atomic E-state index is 13.0. The van der Waals surface area contributed by atoms with E-state index < -0.39 is 11.4 Å². The predicted molar refractivity (Wildman–Crippen MR) is 123 cm³/mol. The number of nitrogens with zero attached hydrogens (tertiary/aromatic N) is 1. The number of hydrogen-bond donors (Lipinski definition) is 1. The minimum absolute atomic E-state index is 0.0108. The number of benzene rings is 3. The van der Waals surface area contributed by atoms with Gasteiger partial charge in [-0.2, -0.15) is 0 Å². The Bertz CT molecular complexity index is 1140. The summed E-state index contributed by atoms with van der Waals surface area (Å²) in [5, 5.41) is 9.95. The zero-order valence-electron chi connectivity index (χ0n) is 18.0. The highest BCUT2D eigenvalue weighted by Crippen LogP contribution is 2.36. The Hall–Kier alpha value is -3.73. The number of carbonyl (C=O) groups is 3. The first kappa shape index (κ1) is 21.5. The zero-order valence-corrected chi connectivity index (χ0v) is 18.0. The number of amides is 1. The van der Waals surface area contributed by atoms with Crippen LogP contribution in [-0.2, 0) is 10.2 Å². The van der Waals surface area contributed by atoms with E-state index in [2.05, 4.69) is 0 Å². The maximum absolute atomic E-state index is 13.0. The van der Waals surface area contributed by atoms with Crippen LogP contribution in [0.5, 0.6) is 0 Å². The normalized spacial score (nSPS) is 15.2. The van der Waals surface area contributed by atoms with Gasteiger partial charge in [-0.05, 0) is 54.7 Å². The van der Waals surface area contributed by atoms with Crippen molar-refractivity contribution in [1.29, 1.82) is 0 Å². The smallest absolute Gasteiger partial charge is 0.314 e. The van der Waals surface area contributed by atoms with E-state index in [4.69, 9.17) is 0 Å². The molecule has 0 spiro atoms. The Labute approximate surface area is 187 Å². The topological polar surface area (TPSA) is 74.7 Å². The molecule has 0 saturated carbocycles. The van der Waals surface area contributed by atoms with Crippen LogP contribution in [0.25, 0.3) is 11.1 Å². The molecule has 1 aliphatic rings. The summed E-state index contributed by atoms with van der Waals surface area (Å²) in [5.74, 6) is -0.925. The Balaban J connectivity index is 1.48. The van der Waals surface area contributed by atoms with Gasteiger partial charge in [0.1, 0.15) is 0 Å². The number of likely N-dealkylation sites (tertiary alicyclic amines) is 1. The zero-order chi connectivity index (χ0) is 22.7. The van der Waals surface area contributed by atoms with Gasteiger partial charge in [-0.25, -0.2) is 0 Å². The van der Waals surface area contributed by atoms with Crippen LogP contribution in [0.4, 0.5) is 0 Å². The van der Waals surface area contributed by atoms with Gasteiger partial charge in [-0.15, -0.1) is 0 Å². The molecule has 1 fully saturated rings. The maximum Gasteiger partial charge on any atom is 0.314 e. The van der Waals surface area contributed by atoms with Gasteiger partial charge in [0.25, 0.3) is 5.91 Å². The number of carboxylic acid groups (broad SMARTS) is 1. The summed E-state index contributed by atoms with van der Waals surface area (Å²) in [7, 11) is 0. The lowest BCUT2D eigenvalue weighted by molar-refractivity contribution is -0.145. The van der Waals surface area contributed by atoms with Crippen molar-refractivity contribution in [3.05, 3.63) is 95.6 Å². The van der Waals surface area contributed by atoms with E-state index >= 15 is 0 Å². The van der Waals surface area contributed by atoms with Crippen molar-refractivity contribution < 1.29 is 19.5 Å². The van der Waals surface area contributed by atoms with Crippen LogP contribution in [0.2, 0.25) is 0 Å². The summed E-state index contributed by atoms with van der Waals surface area (Å²) in [5.41, 5.74) is 2.90. The van der Waals surface area contributed by atoms with Gasteiger partial charge in [0, 0.05) is 24.2 Å². The molecule has 0 unspecified atom stereocenters. The molecule has 1 amide bonds. The second kappa shape index (κ2) is 8.79. The SMILES string of the molecule is CC(=O)c1cccc(-c2ccc(C(=O)N3CCC(C(=O)O)(c4ccccc4)CC3)cc2)c1. The monoisotopic (exact) mass is 427 g/mol. The number of carboxylic acids is 1. The standard InChI is InChI=1S/C27H25NO4/c1-19(29)22-6-5-7-23(18-22)20-10-12-21(13-11-20)25(30)28-16-14-27(15-17-28,26(31)32)24-8-3-2-4-9-24/h2-13,18H,14-17H2,1H3,(H,31,32). The van der Waals surface area contributed by atoms with Crippen LogP contribution in [0.3, 0.4) is 0 Å². The molecule has 0 bridgehead atoms. The number of aliphatic carboxylic acids is 1. The summed E-state index contributed by atoms with van der Waals surface area (Å²) < 4.78 is 0. The third-order valence-electron chi connectivity index (χ3n) is 6.37. The Morgan fingerprint density at radius 1 is 0.781 bits per heavy atom. The quantitative estimate of drug-likeness (QED) is 0.593. The number of hydrogen-bond acceptors (Lipinski definition) is 3. The van der Waals surface area contributed by atoms with Crippen molar-refractivity contribution in [3.8, 4) is 11.1 Å². The molecule has 0 aromatic heterocycles. The fraction of sp³-hybridized carbons (Fsp3) is 0.222. The van der Waals surface area contributed by atoms with E-state index in [1.165, 1.54) is 6.92 Å². The molecule has 0 atom stereocenters. The summed E-state index contributed by atoms with van der Waals surface area (Å²) in [6.07, 6.45) is 0.766. The molecule has 1 heterocycles. The van der Waals surface area contributed by atoms with E-state index in [9.17, 15) is 19.5 Å². The molecule has 1 N–H and O–H groups in total. The summed E-state index contributed by atoms with van der Waals surface area (Å²) in [6.45, 7) is 2.32. The van der Waals surface area contributed by atoms with Crippen LogP contribution >= 0.6 is 0 Å². The first-order valence-corrected chi connectivity index (χ1v) is 10.7. The average molecular weight is 428 g/mol. The van der Waals surface area contributed by atoms with Gasteiger partial charge in [-0.3, -0.25) is 14.4 Å². The highest BCUT2D eigenvalue weighted by Gasteiger charge is 2.43. The lowest BCUT2D eigenvalue weighted by atomic mass is 9.72. The van der Waals surface area contributed by atoms with Crippen LogP contribution < -0.4 is 0 Å². The Morgan fingerprint density at radius 2 is 1.44 bits per heavy atom. The van der Waals surface area contributed by atoms with Crippen molar-refractivity contribution in [3.63, 3.8) is 0 Å². The van der Waals surface area contributed by atoms with Crippen molar-refractivity contribution in [1.82, 2.24) is 4.90 Å². The van der Waals surface area contributed by atoms with Crippen LogP contribution in [0.15, 0.2) is 78.9 Å². The molecular formula is C27H25NO4. The lowest BCUT2D eigenvalue weighted by Crippen LogP contribution is -2.49. The molecule has 1 saturated heterocycles. The molecule has 3 aromatic rings. The number of rotatable bonds is 5. The Kier molecular flexibility index (Phi) is 5.91. The molecule has 0 aliphatic carbocycles. The number of Topliss-reactive ketones (excluding diaryl/α,β-unsaturated/α-hetero) is 1. The van der Waals surface area contributed by atoms with Crippen molar-refractivity contribution in [2.24, 2.45) is 0 Å². The summed E-state index contributed by atoms with van der Waals surface area (Å²) >= 11 is 0. The van der Waals surface area contributed by atoms with Crippen LogP contribution in [-0.4, -0.2) is 40.8 Å². The predicted octanol–water partition coefficient (Wildman–Crippen LogP) is 4.81. The van der Waals surface area contributed by atoms with E-state index in [1.807, 2.05) is 60.7 Å². The number of carbonyl (C=O) groups excluding carboxylic acids is 2. The average Bonchev–Trinajstić information content (AvgIpc) is 2.84. The van der Waals surface area contributed by atoms with Crippen molar-refractivity contribution >= 4 is 17.7 Å². The highest BCUT2D eigenvalue weighted by atomic mass is 16.4. The second-order valence-corrected chi connectivity index (χ2v) is 8.26. The fourth-order valence-electron chi connectivity index (χ4n) is 4.38. The largest absolute Gasteiger partial charge is 0.481 e. The number of piperidine rings is 1. The fourth-order valence-corrected chi connectivity index (χ4v) is 4.38.